The lowest BCUT2D eigenvalue weighted by molar-refractivity contribution is 0.0508. The van der Waals surface area contributed by atoms with E-state index in [4.69, 9.17) is 9.72 Å². The molecule has 0 radical (unpaired) electrons. The first-order valence-electron chi connectivity index (χ1n) is 7.88. The standard InChI is InChI=1S/C17H20N4O/c1-2-21-7-5-17(11-21)12-22-10-14-9-19-16(20-15(14)17)13-4-3-6-18-8-13/h3-4,6,8-9H,2,5,7,10-12H2,1H3/t17-/m0/s1. The number of nitrogens with zero attached hydrogens (tertiary/aromatic N) is 4. The van der Waals surface area contributed by atoms with Crippen molar-refractivity contribution in [1.29, 1.82) is 0 Å². The van der Waals surface area contributed by atoms with Gasteiger partial charge >= 0.3 is 0 Å². The molecule has 0 amide bonds. The van der Waals surface area contributed by atoms with Gasteiger partial charge in [-0.1, -0.05) is 6.92 Å². The Bertz CT molecular complexity index is 676. The van der Waals surface area contributed by atoms with Gasteiger partial charge in [-0.2, -0.15) is 0 Å². The largest absolute Gasteiger partial charge is 0.376 e. The average Bonchev–Trinajstić information content (AvgIpc) is 3.00. The van der Waals surface area contributed by atoms with E-state index in [0.29, 0.717) is 6.61 Å². The summed E-state index contributed by atoms with van der Waals surface area (Å²) < 4.78 is 5.85. The highest BCUT2D eigenvalue weighted by Gasteiger charge is 2.44. The SMILES string of the molecule is CCN1CC[C@@]2(COCc3cnc(-c4cccnc4)nc32)C1. The minimum atomic E-state index is 0.0312. The fourth-order valence-electron chi connectivity index (χ4n) is 3.57. The zero-order valence-electron chi connectivity index (χ0n) is 12.8. The normalized spacial score (nSPS) is 24.6. The predicted octanol–water partition coefficient (Wildman–Crippen LogP) is 2.03. The number of hydrogen-bond donors (Lipinski definition) is 0. The highest BCUT2D eigenvalue weighted by molar-refractivity contribution is 5.54. The summed E-state index contributed by atoms with van der Waals surface area (Å²) in [5, 5.41) is 0. The molecular weight excluding hydrogens is 276 g/mol. The molecule has 2 aliphatic heterocycles. The van der Waals surface area contributed by atoms with Crippen LogP contribution < -0.4 is 0 Å². The van der Waals surface area contributed by atoms with E-state index in [9.17, 15) is 0 Å². The van der Waals surface area contributed by atoms with Crippen molar-refractivity contribution in [2.75, 3.05) is 26.2 Å². The van der Waals surface area contributed by atoms with Gasteiger partial charge in [0.25, 0.3) is 0 Å². The first-order valence-corrected chi connectivity index (χ1v) is 7.88. The van der Waals surface area contributed by atoms with E-state index >= 15 is 0 Å². The molecule has 0 N–H and O–H groups in total. The molecule has 0 bridgehead atoms. The highest BCUT2D eigenvalue weighted by atomic mass is 16.5. The van der Waals surface area contributed by atoms with Crippen LogP contribution in [0.4, 0.5) is 0 Å². The molecule has 2 aromatic heterocycles. The molecule has 2 aromatic rings. The van der Waals surface area contributed by atoms with Gasteiger partial charge in [0.2, 0.25) is 0 Å². The molecule has 22 heavy (non-hydrogen) atoms. The summed E-state index contributed by atoms with van der Waals surface area (Å²) in [5.74, 6) is 0.767. The number of aromatic nitrogens is 3. The van der Waals surface area contributed by atoms with Crippen LogP contribution in [0.1, 0.15) is 24.6 Å². The van der Waals surface area contributed by atoms with Crippen LogP contribution in [0, 0.1) is 0 Å². The van der Waals surface area contributed by atoms with Crippen molar-refractivity contribution in [3.63, 3.8) is 0 Å². The van der Waals surface area contributed by atoms with E-state index in [1.165, 1.54) is 5.69 Å². The summed E-state index contributed by atoms with van der Waals surface area (Å²) in [6.07, 6.45) is 6.63. The van der Waals surface area contributed by atoms with Gasteiger partial charge < -0.3 is 9.64 Å². The molecule has 4 rings (SSSR count). The van der Waals surface area contributed by atoms with Crippen LogP contribution in [0.15, 0.2) is 30.7 Å². The van der Waals surface area contributed by atoms with Gasteiger partial charge in [0, 0.05) is 36.3 Å². The van der Waals surface area contributed by atoms with Crippen LogP contribution in [0.25, 0.3) is 11.4 Å². The topological polar surface area (TPSA) is 51.1 Å². The van der Waals surface area contributed by atoms with Crippen LogP contribution in [0.3, 0.4) is 0 Å². The van der Waals surface area contributed by atoms with E-state index < -0.39 is 0 Å². The predicted molar refractivity (Wildman–Crippen MR) is 83.3 cm³/mol. The zero-order valence-corrected chi connectivity index (χ0v) is 12.8. The van der Waals surface area contributed by atoms with Crippen molar-refractivity contribution >= 4 is 0 Å². The number of fused-ring (bicyclic) bond motifs is 2. The van der Waals surface area contributed by atoms with Crippen molar-refractivity contribution in [2.24, 2.45) is 0 Å². The molecule has 1 saturated heterocycles. The quantitative estimate of drug-likeness (QED) is 0.849. The van der Waals surface area contributed by atoms with Crippen molar-refractivity contribution < 1.29 is 4.74 Å². The maximum Gasteiger partial charge on any atom is 0.160 e. The molecule has 1 spiro atoms. The van der Waals surface area contributed by atoms with Crippen LogP contribution in [-0.4, -0.2) is 46.1 Å². The van der Waals surface area contributed by atoms with Gasteiger partial charge in [-0.3, -0.25) is 4.98 Å². The van der Waals surface area contributed by atoms with Gasteiger partial charge in [0.1, 0.15) is 0 Å². The molecule has 1 atom stereocenters. The van der Waals surface area contributed by atoms with Crippen molar-refractivity contribution in [3.8, 4) is 11.4 Å². The molecule has 0 saturated carbocycles. The number of ether oxygens (including phenoxy) is 1. The lowest BCUT2D eigenvalue weighted by Crippen LogP contribution is -2.40. The molecule has 4 heterocycles. The third-order valence-electron chi connectivity index (χ3n) is 4.80. The molecule has 0 aliphatic carbocycles. The maximum atomic E-state index is 5.85. The van der Waals surface area contributed by atoms with Crippen LogP contribution >= 0.6 is 0 Å². The number of pyridine rings is 1. The molecule has 2 aliphatic rings. The summed E-state index contributed by atoms with van der Waals surface area (Å²) in [7, 11) is 0. The smallest absolute Gasteiger partial charge is 0.160 e. The summed E-state index contributed by atoms with van der Waals surface area (Å²) in [6, 6.07) is 3.93. The second kappa shape index (κ2) is 5.41. The Morgan fingerprint density at radius 3 is 3.09 bits per heavy atom. The number of likely N-dealkylation sites (N-methyl/N-ethyl adjacent to an activating group) is 1. The zero-order chi connectivity index (χ0) is 15.0. The monoisotopic (exact) mass is 296 g/mol. The summed E-state index contributed by atoms with van der Waals surface area (Å²) in [4.78, 5) is 16.1. The molecule has 114 valence electrons. The summed E-state index contributed by atoms with van der Waals surface area (Å²) in [6.45, 7) is 6.82. The molecule has 0 aromatic carbocycles. The number of likely N-dealkylation sites (tertiary alicyclic amines) is 1. The van der Waals surface area contributed by atoms with E-state index in [2.05, 4.69) is 21.8 Å². The van der Waals surface area contributed by atoms with Crippen molar-refractivity contribution in [2.45, 2.75) is 25.4 Å². The van der Waals surface area contributed by atoms with Gasteiger partial charge in [0.15, 0.2) is 5.82 Å². The Labute approximate surface area is 130 Å². The van der Waals surface area contributed by atoms with Crippen molar-refractivity contribution in [3.05, 3.63) is 42.0 Å². The van der Waals surface area contributed by atoms with Crippen molar-refractivity contribution in [1.82, 2.24) is 19.9 Å². The van der Waals surface area contributed by atoms with Gasteiger partial charge in [-0.05, 0) is 31.6 Å². The van der Waals surface area contributed by atoms with Gasteiger partial charge in [-0.15, -0.1) is 0 Å². The highest BCUT2D eigenvalue weighted by Crippen LogP contribution is 2.39. The third kappa shape index (κ3) is 2.21. The van der Waals surface area contributed by atoms with E-state index in [0.717, 1.165) is 49.6 Å². The molecule has 1 fully saturated rings. The van der Waals surface area contributed by atoms with E-state index in [1.54, 1.807) is 6.20 Å². The first kappa shape index (κ1) is 13.8. The second-order valence-electron chi connectivity index (χ2n) is 6.20. The number of rotatable bonds is 2. The molecule has 5 heteroatoms. The summed E-state index contributed by atoms with van der Waals surface area (Å²) in [5.41, 5.74) is 3.32. The third-order valence-corrected chi connectivity index (χ3v) is 4.80. The van der Waals surface area contributed by atoms with E-state index in [1.807, 2.05) is 24.5 Å². The Morgan fingerprint density at radius 2 is 2.32 bits per heavy atom. The summed E-state index contributed by atoms with van der Waals surface area (Å²) >= 11 is 0. The Morgan fingerprint density at radius 1 is 1.36 bits per heavy atom. The lowest BCUT2D eigenvalue weighted by atomic mass is 9.80. The lowest BCUT2D eigenvalue weighted by Gasteiger charge is -2.34. The van der Waals surface area contributed by atoms with Crippen LogP contribution in [0.5, 0.6) is 0 Å². The second-order valence-corrected chi connectivity index (χ2v) is 6.20. The molecular formula is C17H20N4O. The maximum absolute atomic E-state index is 5.85. The Kier molecular flexibility index (Phi) is 3.39. The molecule has 5 nitrogen and oxygen atoms in total. The minimum Gasteiger partial charge on any atom is -0.376 e. The fourth-order valence-corrected chi connectivity index (χ4v) is 3.57. The average molecular weight is 296 g/mol. The first-order chi connectivity index (χ1) is 10.8. The van der Waals surface area contributed by atoms with E-state index in [-0.39, 0.29) is 5.41 Å². The Balaban J connectivity index is 1.77. The van der Waals surface area contributed by atoms with Crippen LogP contribution in [-0.2, 0) is 16.8 Å². The van der Waals surface area contributed by atoms with Crippen LogP contribution in [0.2, 0.25) is 0 Å². The van der Waals surface area contributed by atoms with Gasteiger partial charge in [-0.25, -0.2) is 9.97 Å². The number of hydrogen-bond acceptors (Lipinski definition) is 5. The van der Waals surface area contributed by atoms with Gasteiger partial charge in [0.05, 0.1) is 24.3 Å². The fraction of sp³-hybridized carbons (Fsp3) is 0.471. The molecule has 0 unspecified atom stereocenters. The minimum absolute atomic E-state index is 0.0312. The Hall–Kier alpha value is -1.85.